The Morgan fingerprint density at radius 1 is 1.11 bits per heavy atom. The number of hydrogen-bond donors (Lipinski definition) is 2. The van der Waals surface area contributed by atoms with Gasteiger partial charge >= 0.3 is 0 Å². The second-order valence-electron chi connectivity index (χ2n) is 6.36. The predicted octanol–water partition coefficient (Wildman–Crippen LogP) is 4.69. The van der Waals surface area contributed by atoms with E-state index in [-0.39, 0.29) is 17.0 Å². The first kappa shape index (κ1) is 18.0. The maximum absolute atomic E-state index is 12.2. The lowest BCUT2D eigenvalue weighted by Gasteiger charge is -2.11. The van der Waals surface area contributed by atoms with E-state index in [1.54, 1.807) is 6.08 Å². The van der Waals surface area contributed by atoms with Gasteiger partial charge in [0.1, 0.15) is 0 Å². The zero-order valence-corrected chi connectivity index (χ0v) is 16.1. The van der Waals surface area contributed by atoms with Gasteiger partial charge in [0, 0.05) is 25.2 Å². The lowest BCUT2D eigenvalue weighted by molar-refractivity contribution is -0.113. The van der Waals surface area contributed by atoms with Crippen LogP contribution < -0.4 is 4.90 Å². The first-order chi connectivity index (χ1) is 13.5. The van der Waals surface area contributed by atoms with Crippen LogP contribution in [-0.2, 0) is 4.79 Å². The largest absolute Gasteiger partial charge is 0.493 e. The summed E-state index contributed by atoms with van der Waals surface area (Å²) in [5, 5.41) is 19.2. The molecule has 4 rings (SSSR count). The second-order valence-corrected chi connectivity index (χ2v) is 7.37. The van der Waals surface area contributed by atoms with Crippen LogP contribution in [0.25, 0.3) is 17.0 Å². The van der Waals surface area contributed by atoms with Gasteiger partial charge in [0.15, 0.2) is 5.69 Å². The molecule has 2 heterocycles. The first-order valence-corrected chi connectivity index (χ1v) is 9.34. The van der Waals surface area contributed by atoms with E-state index in [1.807, 2.05) is 67.5 Å². The molecule has 0 saturated carbocycles. The van der Waals surface area contributed by atoms with Crippen LogP contribution in [-0.4, -0.2) is 35.3 Å². The molecule has 28 heavy (non-hydrogen) atoms. The topological polar surface area (TPSA) is 93.4 Å². The average molecular weight is 391 g/mol. The third kappa shape index (κ3) is 3.54. The summed E-state index contributed by atoms with van der Waals surface area (Å²) in [6.45, 7) is 0. The number of nitrogens with zero attached hydrogens (tertiary/aromatic N) is 4. The summed E-state index contributed by atoms with van der Waals surface area (Å²) in [6, 6.07) is 15.2. The second kappa shape index (κ2) is 7.32. The number of azo groups is 1. The number of carbonyl (C=O) groups is 1. The molecule has 2 aromatic carbocycles. The van der Waals surface area contributed by atoms with Gasteiger partial charge in [0.2, 0.25) is 11.0 Å². The zero-order valence-electron chi connectivity index (χ0n) is 15.2. The van der Waals surface area contributed by atoms with E-state index in [9.17, 15) is 9.90 Å². The van der Waals surface area contributed by atoms with Crippen LogP contribution in [0.3, 0.4) is 0 Å². The fraction of sp³-hybridized carbons (Fsp3) is 0.100. The molecule has 1 aromatic heterocycles. The number of H-pyrrole nitrogens is 1. The number of anilines is 1. The Kier molecular flexibility index (Phi) is 4.70. The van der Waals surface area contributed by atoms with Gasteiger partial charge in [-0.1, -0.05) is 30.3 Å². The Morgan fingerprint density at radius 2 is 1.86 bits per heavy atom. The van der Waals surface area contributed by atoms with Crippen molar-refractivity contribution < 1.29 is 9.90 Å². The van der Waals surface area contributed by atoms with Gasteiger partial charge < -0.3 is 15.0 Å². The maximum Gasteiger partial charge on any atom is 0.286 e. The molecule has 1 amide bonds. The number of benzene rings is 2. The van der Waals surface area contributed by atoms with Gasteiger partial charge in [0.25, 0.3) is 5.91 Å². The number of rotatable bonds is 3. The highest BCUT2D eigenvalue weighted by Crippen LogP contribution is 2.36. The summed E-state index contributed by atoms with van der Waals surface area (Å²) < 4.78 is 0. The minimum atomic E-state index is -0.348. The summed E-state index contributed by atoms with van der Waals surface area (Å²) >= 11 is 1.16. The maximum atomic E-state index is 12.2. The number of aliphatic imine (C=N–C) groups is 1. The molecular formula is C20H17N5O2S. The van der Waals surface area contributed by atoms with Crippen LogP contribution in [0.15, 0.2) is 68.7 Å². The number of aromatic amines is 1. The van der Waals surface area contributed by atoms with Crippen LogP contribution in [0.4, 0.5) is 11.4 Å². The SMILES string of the molecule is CN(C)c1ccc(C=C2SC(N=Nc3c(O)[nH]c4ccccc34)=NC2=O)cc1. The first-order valence-electron chi connectivity index (χ1n) is 8.52. The zero-order chi connectivity index (χ0) is 19.7. The van der Waals surface area contributed by atoms with E-state index in [0.29, 0.717) is 10.6 Å². The number of amidine groups is 1. The predicted molar refractivity (Wildman–Crippen MR) is 113 cm³/mol. The Labute approximate surface area is 165 Å². The standard InChI is InChI=1S/C20H17N5O2S/c1-25(2)13-9-7-12(8-10-13)11-16-18(26)22-20(28-16)24-23-17-14-5-3-4-6-15(14)21-19(17)27/h3-11,21,27H,1-2H3. The van der Waals surface area contributed by atoms with Crippen LogP contribution in [0.5, 0.6) is 5.88 Å². The average Bonchev–Trinajstić information content (AvgIpc) is 3.19. The highest BCUT2D eigenvalue weighted by molar-refractivity contribution is 8.18. The van der Waals surface area contributed by atoms with Crippen molar-refractivity contribution in [2.24, 2.45) is 15.2 Å². The van der Waals surface area contributed by atoms with E-state index >= 15 is 0 Å². The van der Waals surface area contributed by atoms with E-state index in [2.05, 4.69) is 20.2 Å². The molecule has 0 bridgehead atoms. The number of fused-ring (bicyclic) bond motifs is 1. The smallest absolute Gasteiger partial charge is 0.286 e. The van der Waals surface area contributed by atoms with E-state index in [1.165, 1.54) is 0 Å². The van der Waals surface area contributed by atoms with Crippen molar-refractivity contribution in [1.82, 2.24) is 4.98 Å². The van der Waals surface area contributed by atoms with Gasteiger partial charge in [-0.3, -0.25) is 4.79 Å². The molecule has 8 heteroatoms. The fourth-order valence-corrected chi connectivity index (χ4v) is 3.50. The third-order valence-electron chi connectivity index (χ3n) is 4.21. The van der Waals surface area contributed by atoms with Gasteiger partial charge in [-0.2, -0.15) is 4.99 Å². The molecule has 0 spiro atoms. The van der Waals surface area contributed by atoms with Crippen molar-refractivity contribution in [3.05, 3.63) is 59.0 Å². The highest BCUT2D eigenvalue weighted by atomic mass is 32.2. The van der Waals surface area contributed by atoms with Crippen molar-refractivity contribution in [3.8, 4) is 5.88 Å². The molecule has 1 aliphatic rings. The molecule has 3 aromatic rings. The lowest BCUT2D eigenvalue weighted by atomic mass is 10.2. The molecular weight excluding hydrogens is 374 g/mol. The number of carbonyl (C=O) groups excluding carboxylic acids is 1. The van der Waals surface area contributed by atoms with Crippen molar-refractivity contribution in [2.45, 2.75) is 0 Å². The van der Waals surface area contributed by atoms with Crippen molar-refractivity contribution in [3.63, 3.8) is 0 Å². The number of thioether (sulfide) groups is 1. The molecule has 0 aliphatic carbocycles. The summed E-state index contributed by atoms with van der Waals surface area (Å²) in [5.74, 6) is -0.421. The minimum absolute atomic E-state index is 0.0726. The Hall–Kier alpha value is -3.39. The van der Waals surface area contributed by atoms with Crippen molar-refractivity contribution in [2.75, 3.05) is 19.0 Å². The molecule has 2 N–H and O–H groups in total. The molecule has 0 saturated heterocycles. The summed E-state index contributed by atoms with van der Waals surface area (Å²) in [4.78, 5) is 21.4. The number of aromatic hydroxyl groups is 1. The van der Waals surface area contributed by atoms with Crippen LogP contribution in [0.1, 0.15) is 5.56 Å². The number of para-hydroxylation sites is 1. The number of amides is 1. The quantitative estimate of drug-likeness (QED) is 0.500. The van der Waals surface area contributed by atoms with Crippen molar-refractivity contribution >= 4 is 51.2 Å². The Balaban J connectivity index is 1.53. The van der Waals surface area contributed by atoms with E-state index in [0.717, 1.165) is 33.9 Å². The van der Waals surface area contributed by atoms with Crippen LogP contribution in [0, 0.1) is 0 Å². The van der Waals surface area contributed by atoms with Gasteiger partial charge in [0.05, 0.1) is 10.4 Å². The monoisotopic (exact) mass is 391 g/mol. The van der Waals surface area contributed by atoms with Crippen molar-refractivity contribution in [1.29, 1.82) is 0 Å². The summed E-state index contributed by atoms with van der Waals surface area (Å²) in [5.41, 5.74) is 3.07. The fourth-order valence-electron chi connectivity index (χ4n) is 2.77. The van der Waals surface area contributed by atoms with Gasteiger partial charge in [-0.25, -0.2) is 0 Å². The molecule has 7 nitrogen and oxygen atoms in total. The molecule has 1 aliphatic heterocycles. The Bertz CT molecular complexity index is 1140. The molecule has 0 atom stereocenters. The third-order valence-corrected chi connectivity index (χ3v) is 5.08. The Morgan fingerprint density at radius 3 is 2.61 bits per heavy atom. The normalized spacial score (nSPS) is 15.7. The number of hydrogen-bond acceptors (Lipinski definition) is 6. The van der Waals surface area contributed by atoms with Crippen LogP contribution in [0.2, 0.25) is 0 Å². The highest BCUT2D eigenvalue weighted by Gasteiger charge is 2.22. The van der Waals surface area contributed by atoms with E-state index < -0.39 is 0 Å². The van der Waals surface area contributed by atoms with Gasteiger partial charge in [-0.15, -0.1) is 10.2 Å². The van der Waals surface area contributed by atoms with E-state index in [4.69, 9.17) is 0 Å². The molecule has 0 fully saturated rings. The van der Waals surface area contributed by atoms with Crippen LogP contribution >= 0.6 is 11.8 Å². The number of aromatic nitrogens is 1. The number of nitrogens with one attached hydrogen (secondary N) is 1. The molecule has 0 unspecified atom stereocenters. The molecule has 140 valence electrons. The molecule has 0 radical (unpaired) electrons. The summed E-state index contributed by atoms with van der Waals surface area (Å²) in [6.07, 6.45) is 1.78. The lowest BCUT2D eigenvalue weighted by Crippen LogP contribution is -2.07. The minimum Gasteiger partial charge on any atom is -0.493 e. The summed E-state index contributed by atoms with van der Waals surface area (Å²) in [7, 11) is 3.95. The van der Waals surface area contributed by atoms with Gasteiger partial charge in [-0.05, 0) is 41.6 Å².